The summed E-state index contributed by atoms with van der Waals surface area (Å²) < 4.78 is 12.1. The van der Waals surface area contributed by atoms with Gasteiger partial charge in [0.15, 0.2) is 11.5 Å². The molecule has 0 saturated heterocycles. The van der Waals surface area contributed by atoms with Gasteiger partial charge in [-0.15, -0.1) is 11.3 Å². The number of halogens is 2. The van der Waals surface area contributed by atoms with Crippen LogP contribution < -0.4 is 14.8 Å². The number of rotatable bonds is 5. The van der Waals surface area contributed by atoms with Gasteiger partial charge in [-0.2, -0.15) is 0 Å². The fraction of sp³-hybridized carbons (Fsp3) is 0.214. The summed E-state index contributed by atoms with van der Waals surface area (Å²) in [5, 5.41) is 4.75. The first-order valence-corrected chi connectivity index (χ1v) is 8.45. The summed E-state index contributed by atoms with van der Waals surface area (Å²) in [4.78, 5) is 12.7. The van der Waals surface area contributed by atoms with E-state index in [4.69, 9.17) is 9.47 Å². The molecule has 0 aliphatic rings. The Hall–Kier alpha value is -1.05. The SMILES string of the molecule is COc1cc(CNC(=O)c2sccc2Br)cc(Br)c1OC. The quantitative estimate of drug-likeness (QED) is 0.766. The number of hydrogen-bond donors (Lipinski definition) is 1. The molecular weight excluding hydrogens is 422 g/mol. The lowest BCUT2D eigenvalue weighted by Gasteiger charge is -2.12. The van der Waals surface area contributed by atoms with Gasteiger partial charge in [0, 0.05) is 11.0 Å². The second-order valence-electron chi connectivity index (χ2n) is 4.09. The molecule has 0 spiro atoms. The normalized spacial score (nSPS) is 10.3. The number of amides is 1. The molecule has 21 heavy (non-hydrogen) atoms. The van der Waals surface area contributed by atoms with Gasteiger partial charge in [-0.05, 0) is 61.0 Å². The van der Waals surface area contributed by atoms with Gasteiger partial charge in [0.2, 0.25) is 0 Å². The Kier molecular flexibility index (Phi) is 5.66. The second kappa shape index (κ2) is 7.29. The van der Waals surface area contributed by atoms with E-state index in [0.29, 0.717) is 22.9 Å². The van der Waals surface area contributed by atoms with Crippen LogP contribution in [0.15, 0.2) is 32.5 Å². The molecule has 0 aliphatic carbocycles. The molecular formula is C14H13Br2NO3S. The number of hydrogen-bond acceptors (Lipinski definition) is 4. The molecule has 1 amide bonds. The molecule has 7 heteroatoms. The molecule has 1 heterocycles. The first-order chi connectivity index (χ1) is 10.1. The number of carbonyl (C=O) groups excluding carboxylic acids is 1. The molecule has 1 N–H and O–H groups in total. The number of nitrogens with one attached hydrogen (secondary N) is 1. The van der Waals surface area contributed by atoms with Crippen molar-refractivity contribution in [2.45, 2.75) is 6.54 Å². The van der Waals surface area contributed by atoms with E-state index in [1.165, 1.54) is 11.3 Å². The molecule has 1 aromatic carbocycles. The molecule has 0 aliphatic heterocycles. The van der Waals surface area contributed by atoms with Gasteiger partial charge in [-0.1, -0.05) is 0 Å². The van der Waals surface area contributed by atoms with Gasteiger partial charge < -0.3 is 14.8 Å². The third-order valence-electron chi connectivity index (χ3n) is 2.77. The maximum absolute atomic E-state index is 12.1. The van der Waals surface area contributed by atoms with Crippen LogP contribution >= 0.6 is 43.2 Å². The minimum absolute atomic E-state index is 0.109. The van der Waals surface area contributed by atoms with Crippen molar-refractivity contribution < 1.29 is 14.3 Å². The molecule has 0 atom stereocenters. The van der Waals surface area contributed by atoms with Crippen molar-refractivity contribution in [3.05, 3.63) is 43.0 Å². The van der Waals surface area contributed by atoms with Gasteiger partial charge >= 0.3 is 0 Å². The molecule has 1 aromatic heterocycles. The van der Waals surface area contributed by atoms with Crippen LogP contribution in [0.2, 0.25) is 0 Å². The number of thiophene rings is 1. The average Bonchev–Trinajstić information content (AvgIpc) is 2.90. The minimum atomic E-state index is -0.109. The lowest BCUT2D eigenvalue weighted by molar-refractivity contribution is 0.0954. The van der Waals surface area contributed by atoms with Crippen LogP contribution in [0.3, 0.4) is 0 Å². The van der Waals surface area contributed by atoms with Crippen molar-refractivity contribution in [2.75, 3.05) is 14.2 Å². The Labute approximate surface area is 143 Å². The van der Waals surface area contributed by atoms with E-state index in [0.717, 1.165) is 14.5 Å². The van der Waals surface area contributed by atoms with E-state index >= 15 is 0 Å². The average molecular weight is 435 g/mol. The Bertz CT molecular complexity index is 658. The Morgan fingerprint density at radius 2 is 2.00 bits per heavy atom. The van der Waals surface area contributed by atoms with Crippen LogP contribution in [-0.2, 0) is 6.54 Å². The fourth-order valence-corrected chi connectivity index (χ4v) is 3.91. The standard InChI is InChI=1S/C14H13Br2NO3S/c1-19-11-6-8(5-10(16)12(11)20-2)7-17-14(18)13-9(15)3-4-21-13/h3-6H,7H2,1-2H3,(H,17,18). The monoisotopic (exact) mass is 433 g/mol. The summed E-state index contributed by atoms with van der Waals surface area (Å²) in [6, 6.07) is 5.59. The smallest absolute Gasteiger partial charge is 0.262 e. The third-order valence-corrected chi connectivity index (χ3v) is 5.20. The summed E-state index contributed by atoms with van der Waals surface area (Å²) in [5.41, 5.74) is 0.917. The van der Waals surface area contributed by atoms with E-state index in [1.54, 1.807) is 14.2 Å². The molecule has 2 aromatic rings. The summed E-state index contributed by atoms with van der Waals surface area (Å²) in [5.74, 6) is 1.14. The first kappa shape index (κ1) is 16.3. The third kappa shape index (κ3) is 3.78. The van der Waals surface area contributed by atoms with E-state index < -0.39 is 0 Å². The molecule has 0 saturated carbocycles. The molecule has 0 radical (unpaired) electrons. The van der Waals surface area contributed by atoms with Gasteiger partial charge in [-0.3, -0.25) is 4.79 Å². The van der Waals surface area contributed by atoms with Gasteiger partial charge in [0.05, 0.1) is 18.7 Å². The summed E-state index contributed by atoms with van der Waals surface area (Å²) in [6.07, 6.45) is 0. The predicted molar refractivity (Wildman–Crippen MR) is 90.4 cm³/mol. The predicted octanol–water partition coefficient (Wildman–Crippen LogP) is 4.22. The number of benzene rings is 1. The highest BCUT2D eigenvalue weighted by Crippen LogP contribution is 2.36. The lowest BCUT2D eigenvalue weighted by atomic mass is 10.2. The van der Waals surface area contributed by atoms with E-state index in [1.807, 2.05) is 23.6 Å². The maximum atomic E-state index is 12.1. The molecule has 2 rings (SSSR count). The largest absolute Gasteiger partial charge is 0.493 e. The van der Waals surface area contributed by atoms with Crippen molar-refractivity contribution in [3.63, 3.8) is 0 Å². The van der Waals surface area contributed by atoms with Crippen molar-refractivity contribution in [3.8, 4) is 11.5 Å². The summed E-state index contributed by atoms with van der Waals surface area (Å²) in [7, 11) is 3.16. The summed E-state index contributed by atoms with van der Waals surface area (Å²) in [6.45, 7) is 0.405. The Morgan fingerprint density at radius 1 is 1.24 bits per heavy atom. The maximum Gasteiger partial charge on any atom is 0.262 e. The van der Waals surface area contributed by atoms with Crippen LogP contribution in [0.1, 0.15) is 15.2 Å². The Balaban J connectivity index is 2.12. The van der Waals surface area contributed by atoms with Crippen molar-refractivity contribution >= 4 is 49.1 Å². The highest BCUT2D eigenvalue weighted by molar-refractivity contribution is 9.11. The van der Waals surface area contributed by atoms with Gasteiger partial charge in [0.25, 0.3) is 5.91 Å². The Morgan fingerprint density at radius 3 is 2.57 bits per heavy atom. The number of methoxy groups -OCH3 is 2. The van der Waals surface area contributed by atoms with Gasteiger partial charge in [-0.25, -0.2) is 0 Å². The molecule has 0 unspecified atom stereocenters. The molecule has 0 fully saturated rings. The van der Waals surface area contributed by atoms with Crippen LogP contribution in [0.5, 0.6) is 11.5 Å². The van der Waals surface area contributed by atoms with Crippen LogP contribution in [0, 0.1) is 0 Å². The van der Waals surface area contributed by atoms with E-state index in [-0.39, 0.29) is 5.91 Å². The second-order valence-corrected chi connectivity index (χ2v) is 6.72. The van der Waals surface area contributed by atoms with Crippen molar-refractivity contribution in [2.24, 2.45) is 0 Å². The minimum Gasteiger partial charge on any atom is -0.493 e. The highest BCUT2D eigenvalue weighted by atomic mass is 79.9. The van der Waals surface area contributed by atoms with Crippen molar-refractivity contribution in [1.29, 1.82) is 0 Å². The van der Waals surface area contributed by atoms with Gasteiger partial charge in [0.1, 0.15) is 4.88 Å². The topological polar surface area (TPSA) is 47.6 Å². The van der Waals surface area contributed by atoms with Crippen LogP contribution in [0.25, 0.3) is 0 Å². The summed E-state index contributed by atoms with van der Waals surface area (Å²) >= 11 is 8.18. The zero-order chi connectivity index (χ0) is 15.4. The number of ether oxygens (including phenoxy) is 2. The lowest BCUT2D eigenvalue weighted by Crippen LogP contribution is -2.22. The molecule has 4 nitrogen and oxygen atoms in total. The van der Waals surface area contributed by atoms with Crippen LogP contribution in [0.4, 0.5) is 0 Å². The fourth-order valence-electron chi connectivity index (χ4n) is 1.79. The van der Waals surface area contributed by atoms with Crippen molar-refractivity contribution in [1.82, 2.24) is 5.32 Å². The first-order valence-electron chi connectivity index (χ1n) is 5.98. The molecule has 112 valence electrons. The number of carbonyl (C=O) groups is 1. The zero-order valence-electron chi connectivity index (χ0n) is 11.4. The van der Waals surface area contributed by atoms with E-state index in [2.05, 4.69) is 37.2 Å². The van der Waals surface area contributed by atoms with Crippen LogP contribution in [-0.4, -0.2) is 20.1 Å². The highest BCUT2D eigenvalue weighted by Gasteiger charge is 2.13. The van der Waals surface area contributed by atoms with E-state index in [9.17, 15) is 4.79 Å². The zero-order valence-corrected chi connectivity index (χ0v) is 15.4. The molecule has 0 bridgehead atoms.